The van der Waals surface area contributed by atoms with E-state index in [0.29, 0.717) is 23.2 Å². The molecule has 1 fully saturated rings. The molecule has 20 heavy (non-hydrogen) atoms. The Morgan fingerprint density at radius 1 is 1.35 bits per heavy atom. The molecule has 2 aromatic heterocycles. The van der Waals surface area contributed by atoms with Crippen LogP contribution in [-0.4, -0.2) is 22.0 Å². The molecule has 1 saturated heterocycles. The molecule has 0 saturated carbocycles. The van der Waals surface area contributed by atoms with Gasteiger partial charge in [-0.25, -0.2) is 4.79 Å². The minimum absolute atomic E-state index is 0.119. The molecule has 0 unspecified atom stereocenters. The molecule has 3 heterocycles. The average Bonchev–Trinajstić information content (AvgIpc) is 2.61. The van der Waals surface area contributed by atoms with E-state index in [-0.39, 0.29) is 23.9 Å². The highest BCUT2D eigenvalue weighted by Gasteiger charge is 2.23. The third-order valence-electron chi connectivity index (χ3n) is 3.40. The lowest BCUT2D eigenvalue weighted by molar-refractivity contribution is -0.121. The molecule has 8 heteroatoms. The lowest BCUT2D eigenvalue weighted by atomic mass is 10.1. The topological polar surface area (TPSA) is 84.0 Å². The van der Waals surface area contributed by atoms with E-state index in [4.69, 9.17) is 0 Å². The third-order valence-corrected chi connectivity index (χ3v) is 5.02. The predicted molar refractivity (Wildman–Crippen MR) is 80.3 cm³/mol. The molecule has 2 aromatic rings. The monoisotopic (exact) mass is 357 g/mol. The van der Waals surface area contributed by atoms with Crippen LogP contribution in [0.25, 0.3) is 10.2 Å². The molecular formula is C12H12BrN3O3S. The molecule has 6 nitrogen and oxygen atoms in total. The van der Waals surface area contributed by atoms with E-state index in [1.165, 1.54) is 15.9 Å². The number of carbonyl (C=O) groups is 1. The normalized spacial score (nSPS) is 19.9. The molecule has 1 aliphatic rings. The van der Waals surface area contributed by atoms with Crippen LogP contribution in [0.1, 0.15) is 25.3 Å². The number of hydrogen-bond donors (Lipinski definition) is 2. The highest BCUT2D eigenvalue weighted by atomic mass is 79.9. The van der Waals surface area contributed by atoms with Crippen molar-refractivity contribution in [3.05, 3.63) is 30.7 Å². The van der Waals surface area contributed by atoms with Crippen LogP contribution in [0.4, 0.5) is 0 Å². The van der Waals surface area contributed by atoms with Crippen molar-refractivity contribution in [2.24, 2.45) is 0 Å². The van der Waals surface area contributed by atoms with Crippen molar-refractivity contribution in [2.75, 3.05) is 6.54 Å². The zero-order valence-electron chi connectivity index (χ0n) is 10.4. The largest absolute Gasteiger partial charge is 0.356 e. The lowest BCUT2D eigenvalue weighted by Gasteiger charge is -2.14. The van der Waals surface area contributed by atoms with Crippen LogP contribution in [0.3, 0.4) is 0 Å². The molecular weight excluding hydrogens is 346 g/mol. The number of nitrogens with one attached hydrogen (secondary N) is 2. The van der Waals surface area contributed by atoms with Crippen LogP contribution >= 0.6 is 27.3 Å². The second-order valence-corrected chi connectivity index (χ2v) is 7.18. The van der Waals surface area contributed by atoms with E-state index in [2.05, 4.69) is 26.2 Å². The first-order valence-corrected chi connectivity index (χ1v) is 7.88. The zero-order chi connectivity index (χ0) is 14.3. The molecule has 1 amide bonds. The Bertz CT molecular complexity index is 791. The molecule has 106 valence electrons. The Balaban J connectivity index is 2.17. The molecule has 0 aromatic carbocycles. The third kappa shape index (κ3) is 2.33. The summed E-state index contributed by atoms with van der Waals surface area (Å²) >= 11 is 4.59. The summed E-state index contributed by atoms with van der Waals surface area (Å²) in [6.45, 7) is 0.592. The Morgan fingerprint density at radius 2 is 2.15 bits per heavy atom. The second kappa shape index (κ2) is 5.17. The summed E-state index contributed by atoms with van der Waals surface area (Å²) < 4.78 is 2.48. The Morgan fingerprint density at radius 3 is 2.95 bits per heavy atom. The van der Waals surface area contributed by atoms with E-state index in [1.807, 2.05) is 0 Å². The van der Waals surface area contributed by atoms with Crippen molar-refractivity contribution >= 4 is 43.4 Å². The number of aromatic amines is 1. The standard InChI is InChI=1S/C12H12BrN3O3S/c13-8-5-7-10(20-8)11(18)16(12(19)15-7)6-2-1-3-14-9(17)4-6/h5-6H,1-4H2,(H,14,17)(H,15,19)/t6-/m1/s1. The number of H-pyrrole nitrogens is 1. The van der Waals surface area contributed by atoms with E-state index in [0.717, 1.165) is 10.2 Å². The molecule has 0 aliphatic carbocycles. The van der Waals surface area contributed by atoms with Crippen molar-refractivity contribution in [1.82, 2.24) is 14.9 Å². The summed E-state index contributed by atoms with van der Waals surface area (Å²) in [7, 11) is 0. The fourth-order valence-corrected chi connectivity index (χ4v) is 3.99. The number of thiophene rings is 1. The number of amides is 1. The van der Waals surface area contributed by atoms with Crippen molar-refractivity contribution in [2.45, 2.75) is 25.3 Å². The zero-order valence-corrected chi connectivity index (χ0v) is 12.8. The van der Waals surface area contributed by atoms with E-state index in [1.54, 1.807) is 6.07 Å². The van der Waals surface area contributed by atoms with Gasteiger partial charge in [0.2, 0.25) is 5.91 Å². The number of fused-ring (bicyclic) bond motifs is 1. The van der Waals surface area contributed by atoms with Gasteiger partial charge in [0.25, 0.3) is 5.56 Å². The van der Waals surface area contributed by atoms with Gasteiger partial charge in [-0.05, 0) is 34.8 Å². The summed E-state index contributed by atoms with van der Waals surface area (Å²) in [4.78, 5) is 39.0. The fraction of sp³-hybridized carbons (Fsp3) is 0.417. The first kappa shape index (κ1) is 13.6. The van der Waals surface area contributed by atoms with Gasteiger partial charge in [-0.2, -0.15) is 0 Å². The number of rotatable bonds is 1. The van der Waals surface area contributed by atoms with Gasteiger partial charge in [-0.3, -0.25) is 14.2 Å². The molecule has 1 atom stereocenters. The average molecular weight is 358 g/mol. The van der Waals surface area contributed by atoms with Crippen molar-refractivity contribution in [1.29, 1.82) is 0 Å². The number of carbonyl (C=O) groups excluding carboxylic acids is 1. The van der Waals surface area contributed by atoms with E-state index in [9.17, 15) is 14.4 Å². The molecule has 2 N–H and O–H groups in total. The Kier molecular flexibility index (Phi) is 3.51. The minimum atomic E-state index is -0.451. The van der Waals surface area contributed by atoms with Gasteiger partial charge in [0, 0.05) is 13.0 Å². The van der Waals surface area contributed by atoms with Crippen LogP contribution in [0.5, 0.6) is 0 Å². The fourth-order valence-electron chi connectivity index (χ4n) is 2.50. The van der Waals surface area contributed by atoms with Gasteiger partial charge >= 0.3 is 5.69 Å². The quantitative estimate of drug-likeness (QED) is 0.807. The van der Waals surface area contributed by atoms with Gasteiger partial charge in [-0.1, -0.05) is 0 Å². The summed E-state index contributed by atoms with van der Waals surface area (Å²) in [5, 5.41) is 2.75. The smallest absolute Gasteiger partial charge is 0.329 e. The SMILES string of the molecule is O=C1C[C@H](n2c(=O)[nH]c3cc(Br)sc3c2=O)CCCN1. The number of halogens is 1. The number of nitrogens with zero attached hydrogens (tertiary/aromatic N) is 1. The Hall–Kier alpha value is -1.41. The van der Waals surface area contributed by atoms with Crippen LogP contribution in [0.2, 0.25) is 0 Å². The van der Waals surface area contributed by atoms with Crippen LogP contribution < -0.4 is 16.6 Å². The van der Waals surface area contributed by atoms with Gasteiger partial charge in [-0.15, -0.1) is 11.3 Å². The Labute approximate surface area is 125 Å². The van der Waals surface area contributed by atoms with E-state index >= 15 is 0 Å². The maximum atomic E-state index is 12.5. The number of aromatic nitrogens is 2. The summed E-state index contributed by atoms with van der Waals surface area (Å²) in [5.74, 6) is -0.119. The predicted octanol–water partition coefficient (Wildman–Crippen LogP) is 1.35. The van der Waals surface area contributed by atoms with Crippen molar-refractivity contribution < 1.29 is 4.79 Å². The van der Waals surface area contributed by atoms with Gasteiger partial charge in [0.05, 0.1) is 15.3 Å². The molecule has 0 spiro atoms. The number of hydrogen-bond acceptors (Lipinski definition) is 4. The molecule has 1 aliphatic heterocycles. The van der Waals surface area contributed by atoms with Crippen molar-refractivity contribution in [3.8, 4) is 0 Å². The van der Waals surface area contributed by atoms with Gasteiger partial charge in [0.15, 0.2) is 0 Å². The maximum Gasteiger partial charge on any atom is 0.329 e. The molecule has 0 bridgehead atoms. The van der Waals surface area contributed by atoms with E-state index < -0.39 is 5.69 Å². The van der Waals surface area contributed by atoms with Crippen LogP contribution in [0, 0.1) is 0 Å². The highest BCUT2D eigenvalue weighted by molar-refractivity contribution is 9.11. The van der Waals surface area contributed by atoms with Gasteiger partial charge < -0.3 is 10.3 Å². The first-order chi connectivity index (χ1) is 9.56. The minimum Gasteiger partial charge on any atom is -0.356 e. The lowest BCUT2D eigenvalue weighted by Crippen LogP contribution is -2.38. The van der Waals surface area contributed by atoms with Crippen LogP contribution in [0.15, 0.2) is 19.4 Å². The molecule has 0 radical (unpaired) electrons. The molecule has 3 rings (SSSR count). The van der Waals surface area contributed by atoms with Crippen molar-refractivity contribution in [3.63, 3.8) is 0 Å². The summed E-state index contributed by atoms with van der Waals surface area (Å²) in [6.07, 6.45) is 1.56. The van der Waals surface area contributed by atoms with Gasteiger partial charge in [0.1, 0.15) is 4.70 Å². The first-order valence-electron chi connectivity index (χ1n) is 6.27. The summed E-state index contributed by atoms with van der Waals surface area (Å²) in [5.41, 5.74) is -0.238. The summed E-state index contributed by atoms with van der Waals surface area (Å²) in [6, 6.07) is 1.34. The maximum absolute atomic E-state index is 12.5. The highest BCUT2D eigenvalue weighted by Crippen LogP contribution is 2.26. The van der Waals surface area contributed by atoms with Crippen LogP contribution in [-0.2, 0) is 4.79 Å². The second-order valence-electron chi connectivity index (χ2n) is 4.75.